The largest absolute Gasteiger partial charge is 0.416 e. The van der Waals surface area contributed by atoms with Crippen molar-refractivity contribution in [1.82, 2.24) is 14.9 Å². The van der Waals surface area contributed by atoms with Crippen LogP contribution in [-0.2, 0) is 25.7 Å². The van der Waals surface area contributed by atoms with E-state index in [1.807, 2.05) is 0 Å². The Morgan fingerprint density at radius 1 is 1.00 bits per heavy atom. The third kappa shape index (κ3) is 4.20. The van der Waals surface area contributed by atoms with Crippen molar-refractivity contribution in [2.45, 2.75) is 25.7 Å². The molecule has 0 spiro atoms. The molecule has 162 valence electrons. The fourth-order valence-electron chi connectivity index (χ4n) is 3.51. The van der Waals surface area contributed by atoms with Gasteiger partial charge in [0.25, 0.3) is 5.56 Å². The molecule has 0 amide bonds. The van der Waals surface area contributed by atoms with Gasteiger partial charge >= 0.3 is 6.18 Å². The Labute approximate surface area is 172 Å². The third-order valence-electron chi connectivity index (χ3n) is 5.15. The molecule has 1 aliphatic heterocycles. The van der Waals surface area contributed by atoms with Gasteiger partial charge in [0.2, 0.25) is 0 Å². The first-order valence-electron chi connectivity index (χ1n) is 9.28. The fourth-order valence-corrected chi connectivity index (χ4v) is 3.51. The highest BCUT2D eigenvalue weighted by atomic mass is 19.4. The van der Waals surface area contributed by atoms with Crippen LogP contribution >= 0.6 is 0 Å². The number of alkyl halides is 3. The van der Waals surface area contributed by atoms with Crippen LogP contribution in [-0.4, -0.2) is 21.4 Å². The molecule has 0 fully saturated rings. The normalized spacial score (nSPS) is 14.5. The predicted molar refractivity (Wildman–Crippen MR) is 99.4 cm³/mol. The molecule has 4 rings (SSSR count). The van der Waals surface area contributed by atoms with Crippen LogP contribution in [0.25, 0.3) is 11.4 Å². The van der Waals surface area contributed by atoms with E-state index < -0.39 is 40.3 Å². The molecule has 1 aromatic heterocycles. The van der Waals surface area contributed by atoms with Crippen molar-refractivity contribution in [3.8, 4) is 11.4 Å². The molecule has 0 saturated heterocycles. The summed E-state index contributed by atoms with van der Waals surface area (Å²) in [6, 6.07) is 5.79. The van der Waals surface area contributed by atoms with E-state index >= 15 is 0 Å². The number of hydrogen-bond acceptors (Lipinski definition) is 3. The van der Waals surface area contributed by atoms with Crippen LogP contribution in [0.3, 0.4) is 0 Å². The number of aromatic nitrogens is 2. The van der Waals surface area contributed by atoms with Gasteiger partial charge in [0, 0.05) is 37.2 Å². The minimum atomic E-state index is -4.47. The van der Waals surface area contributed by atoms with Gasteiger partial charge < -0.3 is 4.98 Å². The predicted octanol–water partition coefficient (Wildman–Crippen LogP) is 4.43. The number of nitrogens with zero attached hydrogens (tertiary/aromatic N) is 2. The van der Waals surface area contributed by atoms with Crippen molar-refractivity contribution in [3.63, 3.8) is 0 Å². The summed E-state index contributed by atoms with van der Waals surface area (Å²) in [7, 11) is 0. The lowest BCUT2D eigenvalue weighted by Gasteiger charge is -2.28. The first-order chi connectivity index (χ1) is 14.6. The summed E-state index contributed by atoms with van der Waals surface area (Å²) in [6.07, 6.45) is -4.19. The first kappa shape index (κ1) is 21.1. The molecule has 10 heteroatoms. The van der Waals surface area contributed by atoms with Gasteiger partial charge in [0.1, 0.15) is 11.6 Å². The molecule has 0 aliphatic carbocycles. The van der Waals surface area contributed by atoms with E-state index in [0.29, 0.717) is 29.4 Å². The molecule has 1 aliphatic rings. The average molecular weight is 439 g/mol. The summed E-state index contributed by atoms with van der Waals surface area (Å²) >= 11 is 0. The Morgan fingerprint density at radius 3 is 2.35 bits per heavy atom. The molecule has 1 N–H and O–H groups in total. The van der Waals surface area contributed by atoms with Gasteiger partial charge in [-0.15, -0.1) is 0 Å². The number of hydrogen-bond donors (Lipinski definition) is 1. The van der Waals surface area contributed by atoms with E-state index in [-0.39, 0.29) is 25.3 Å². The summed E-state index contributed by atoms with van der Waals surface area (Å²) in [5.41, 5.74) is -0.670. The zero-order valence-electron chi connectivity index (χ0n) is 15.9. The molecule has 0 saturated carbocycles. The zero-order valence-corrected chi connectivity index (χ0v) is 15.9. The van der Waals surface area contributed by atoms with Crippen LogP contribution in [0.4, 0.5) is 26.3 Å². The van der Waals surface area contributed by atoms with Crippen molar-refractivity contribution in [3.05, 3.63) is 86.6 Å². The van der Waals surface area contributed by atoms with Crippen LogP contribution in [0.15, 0.2) is 41.2 Å². The Kier molecular flexibility index (Phi) is 5.34. The molecule has 0 unspecified atom stereocenters. The molecule has 4 nitrogen and oxygen atoms in total. The number of fused-ring (bicyclic) bond motifs is 1. The highest BCUT2D eigenvalue weighted by Gasteiger charge is 2.30. The smallest absolute Gasteiger partial charge is 0.306 e. The lowest BCUT2D eigenvalue weighted by molar-refractivity contribution is -0.137. The highest BCUT2D eigenvalue weighted by Crippen LogP contribution is 2.30. The van der Waals surface area contributed by atoms with Gasteiger partial charge in [-0.1, -0.05) is 12.1 Å². The maximum Gasteiger partial charge on any atom is 0.416 e. The summed E-state index contributed by atoms with van der Waals surface area (Å²) < 4.78 is 79.5. The quantitative estimate of drug-likeness (QED) is 0.485. The maximum atomic E-state index is 13.9. The summed E-state index contributed by atoms with van der Waals surface area (Å²) in [4.78, 5) is 21.1. The lowest BCUT2D eigenvalue weighted by atomic mass is 10.0. The van der Waals surface area contributed by atoms with Crippen molar-refractivity contribution in [2.75, 3.05) is 6.54 Å². The number of aromatic amines is 1. The van der Waals surface area contributed by atoms with Crippen LogP contribution in [0.1, 0.15) is 22.4 Å². The van der Waals surface area contributed by atoms with E-state index in [0.717, 1.165) is 18.2 Å². The van der Waals surface area contributed by atoms with Gasteiger partial charge in [0.15, 0.2) is 11.6 Å². The zero-order chi connectivity index (χ0) is 22.3. The van der Waals surface area contributed by atoms with E-state index in [1.165, 1.54) is 12.1 Å². The van der Waals surface area contributed by atoms with Crippen LogP contribution in [0, 0.1) is 17.5 Å². The van der Waals surface area contributed by atoms with Gasteiger partial charge in [-0.2, -0.15) is 13.2 Å². The maximum absolute atomic E-state index is 13.9. The van der Waals surface area contributed by atoms with Gasteiger partial charge in [-0.25, -0.2) is 18.2 Å². The van der Waals surface area contributed by atoms with Gasteiger partial charge in [-0.05, 0) is 24.3 Å². The van der Waals surface area contributed by atoms with E-state index in [2.05, 4.69) is 9.97 Å². The number of benzene rings is 2. The number of halogens is 6. The van der Waals surface area contributed by atoms with Crippen LogP contribution < -0.4 is 5.56 Å². The van der Waals surface area contributed by atoms with Crippen molar-refractivity contribution < 1.29 is 26.3 Å². The van der Waals surface area contributed by atoms with Gasteiger partial charge in [0.05, 0.1) is 16.8 Å². The molecular formula is C21H15F6N3O. The Balaban J connectivity index is 1.58. The Morgan fingerprint density at radius 2 is 1.68 bits per heavy atom. The number of rotatable bonds is 3. The molecule has 3 aromatic rings. The van der Waals surface area contributed by atoms with Crippen LogP contribution in [0.5, 0.6) is 0 Å². The number of nitrogens with one attached hydrogen (secondary N) is 1. The van der Waals surface area contributed by atoms with E-state index in [4.69, 9.17) is 0 Å². The molecule has 0 bridgehead atoms. The molecule has 2 aromatic carbocycles. The Hall–Kier alpha value is -3.14. The molecular weight excluding hydrogens is 424 g/mol. The second kappa shape index (κ2) is 7.84. The minimum Gasteiger partial charge on any atom is -0.306 e. The molecule has 0 atom stereocenters. The fraction of sp³-hybridized carbons (Fsp3) is 0.238. The second-order valence-corrected chi connectivity index (χ2v) is 7.20. The van der Waals surface area contributed by atoms with Crippen molar-refractivity contribution >= 4 is 0 Å². The molecule has 31 heavy (non-hydrogen) atoms. The van der Waals surface area contributed by atoms with Gasteiger partial charge in [-0.3, -0.25) is 9.69 Å². The monoisotopic (exact) mass is 439 g/mol. The molecule has 2 heterocycles. The number of H-pyrrole nitrogens is 1. The highest BCUT2D eigenvalue weighted by molar-refractivity contribution is 5.56. The average Bonchev–Trinajstić information content (AvgIpc) is 2.73. The first-order valence-corrected chi connectivity index (χ1v) is 9.28. The summed E-state index contributed by atoms with van der Waals surface area (Å²) in [5.74, 6) is -3.17. The summed E-state index contributed by atoms with van der Waals surface area (Å²) in [5, 5.41) is 0. The Bertz CT molecular complexity index is 1190. The standard InChI is InChI=1S/C21H15F6N3O/c22-15-5-6-16(23)18(24)13(15)9-30-8-7-17-14(10-30)20(31)29-19(28-17)11-1-3-12(4-2-11)21(25,26)27/h1-6H,7-10H2,(H,28,29,31). The topological polar surface area (TPSA) is 49.0 Å². The van der Waals surface area contributed by atoms with E-state index in [1.54, 1.807) is 4.90 Å². The lowest BCUT2D eigenvalue weighted by Crippen LogP contribution is -2.36. The van der Waals surface area contributed by atoms with E-state index in [9.17, 15) is 31.1 Å². The van der Waals surface area contributed by atoms with Crippen molar-refractivity contribution in [1.29, 1.82) is 0 Å². The SMILES string of the molecule is O=c1[nH]c(-c2ccc(C(F)(F)F)cc2)nc2c1CN(Cc1c(F)ccc(F)c1F)CC2. The van der Waals surface area contributed by atoms with Crippen LogP contribution in [0.2, 0.25) is 0 Å². The molecule has 0 radical (unpaired) electrons. The van der Waals surface area contributed by atoms with Crippen molar-refractivity contribution in [2.24, 2.45) is 0 Å². The second-order valence-electron chi connectivity index (χ2n) is 7.20. The third-order valence-corrected chi connectivity index (χ3v) is 5.15. The summed E-state index contributed by atoms with van der Waals surface area (Å²) in [6.45, 7) is 0.126. The minimum absolute atomic E-state index is 0.0420.